The molecule has 5 heteroatoms. The Morgan fingerprint density at radius 2 is 0.973 bits per heavy atom. The zero-order valence-electron chi connectivity index (χ0n) is 22.4. The van der Waals surface area contributed by atoms with E-state index in [9.17, 15) is 9.59 Å². The van der Waals surface area contributed by atoms with Crippen LogP contribution in [0.3, 0.4) is 0 Å². The third-order valence-corrected chi connectivity index (χ3v) is 8.09. The van der Waals surface area contributed by atoms with Crippen LogP contribution >= 0.6 is 0 Å². The molecule has 4 nitrogen and oxygen atoms in total. The number of carbonyl (C=O) groups excluding carboxylic acids is 2. The Labute approximate surface area is 257 Å². The van der Waals surface area contributed by atoms with Gasteiger partial charge in [0.2, 0.25) is 0 Å². The quantitative estimate of drug-likeness (QED) is 0.335. The second-order valence-electron chi connectivity index (χ2n) is 10.8. The summed E-state index contributed by atoms with van der Waals surface area (Å²) in [5.41, 5.74) is 1.58. The molecule has 0 unspecified atom stereocenters. The smallest absolute Gasteiger partial charge is 0.254 e. The fourth-order valence-electron chi connectivity index (χ4n) is 6.11. The van der Waals surface area contributed by atoms with E-state index in [0.717, 1.165) is 18.4 Å². The number of carbonyl (C=O) groups is 2. The van der Waals surface area contributed by atoms with E-state index in [2.05, 4.69) is 10.2 Å². The maximum absolute atomic E-state index is 13.1. The van der Waals surface area contributed by atoms with Gasteiger partial charge in [-0.25, -0.2) is 0 Å². The molecule has 2 aromatic carbocycles. The third-order valence-electron chi connectivity index (χ3n) is 8.09. The predicted molar refractivity (Wildman–Crippen MR) is 147 cm³/mol. The Morgan fingerprint density at radius 3 is 1.43 bits per heavy atom. The summed E-state index contributed by atoms with van der Waals surface area (Å²) in [5, 5.41) is 4.27. The molecule has 0 aromatic heterocycles. The topological polar surface area (TPSA) is 51.5 Å². The average Bonchev–Trinajstić information content (AvgIpc) is 2.96. The number of nitrogens with zero attached hydrogens (tertiary/aromatic N) is 2. The van der Waals surface area contributed by atoms with Crippen LogP contribution in [0.25, 0.3) is 5.32 Å². The molecule has 3 aliphatic rings. The molecule has 3 aliphatic carbocycles. The van der Waals surface area contributed by atoms with E-state index in [0.29, 0.717) is 17.6 Å². The Morgan fingerprint density at radius 1 is 0.568 bits per heavy atom. The van der Waals surface area contributed by atoms with Gasteiger partial charge < -0.3 is 15.0 Å². The molecule has 2 aromatic rings. The molecular weight excluding hydrogens is 585 g/mol. The van der Waals surface area contributed by atoms with Crippen LogP contribution in [0.15, 0.2) is 60.7 Å². The SMILES string of the molecule is O=C([N-]C1CCCCC1)c1ccccc1.O=C(c1ccccc1)N(C1CCCCC1)C1CCCCC1.[Pr]. The minimum absolute atomic E-state index is 0. The minimum atomic E-state index is -0.0532. The van der Waals surface area contributed by atoms with Crippen LogP contribution in [0.2, 0.25) is 0 Å². The maximum atomic E-state index is 13.1. The molecule has 3 saturated carbocycles. The van der Waals surface area contributed by atoms with Crippen molar-refractivity contribution < 1.29 is 50.9 Å². The second kappa shape index (κ2) is 16.7. The van der Waals surface area contributed by atoms with E-state index in [1.165, 1.54) is 83.5 Å². The van der Waals surface area contributed by atoms with Gasteiger partial charge in [0.15, 0.2) is 0 Å². The largest absolute Gasteiger partial charge is 0.646 e. The van der Waals surface area contributed by atoms with Gasteiger partial charge in [-0.15, -0.1) is 6.04 Å². The van der Waals surface area contributed by atoms with E-state index in [1.54, 1.807) is 0 Å². The molecule has 197 valence electrons. The van der Waals surface area contributed by atoms with Gasteiger partial charge >= 0.3 is 0 Å². The Bertz CT molecular complexity index is 900. The van der Waals surface area contributed by atoms with Crippen molar-refractivity contribution in [2.75, 3.05) is 0 Å². The number of hydrogen-bond acceptors (Lipinski definition) is 2. The second-order valence-corrected chi connectivity index (χ2v) is 10.8. The summed E-state index contributed by atoms with van der Waals surface area (Å²) >= 11 is 0. The predicted octanol–water partition coefficient (Wildman–Crippen LogP) is 8.33. The fourth-order valence-corrected chi connectivity index (χ4v) is 6.11. The molecule has 2 amide bonds. The number of benzene rings is 2. The van der Waals surface area contributed by atoms with Crippen molar-refractivity contribution in [2.45, 2.75) is 114 Å². The Kier molecular flexibility index (Phi) is 13.6. The Hall–Kier alpha value is -1.26. The van der Waals surface area contributed by atoms with Crippen LogP contribution in [0.4, 0.5) is 0 Å². The zero-order valence-corrected chi connectivity index (χ0v) is 26.1. The van der Waals surface area contributed by atoms with Crippen LogP contribution < -0.4 is 0 Å². The van der Waals surface area contributed by atoms with Crippen molar-refractivity contribution in [1.82, 2.24) is 4.90 Å². The first-order chi connectivity index (χ1) is 17.7. The molecule has 1 radical (unpaired) electrons. The summed E-state index contributed by atoms with van der Waals surface area (Å²) in [7, 11) is 0. The van der Waals surface area contributed by atoms with Gasteiger partial charge in [0.25, 0.3) is 5.91 Å². The molecule has 3 fully saturated rings. The van der Waals surface area contributed by atoms with Gasteiger partial charge in [0, 0.05) is 58.9 Å². The number of hydrogen-bond donors (Lipinski definition) is 0. The summed E-state index contributed by atoms with van der Waals surface area (Å²) < 4.78 is 0. The van der Waals surface area contributed by atoms with Crippen LogP contribution in [0.1, 0.15) is 117 Å². The van der Waals surface area contributed by atoms with Crippen molar-refractivity contribution in [3.63, 3.8) is 0 Å². The van der Waals surface area contributed by atoms with Gasteiger partial charge in [-0.05, 0) is 43.4 Å². The molecular formula is C32H43N2O2Pr-. The van der Waals surface area contributed by atoms with E-state index in [4.69, 9.17) is 0 Å². The third kappa shape index (κ3) is 9.46. The van der Waals surface area contributed by atoms with Gasteiger partial charge in [-0.1, -0.05) is 119 Å². The molecule has 0 N–H and O–H groups in total. The first-order valence-corrected chi connectivity index (χ1v) is 14.4. The first-order valence-electron chi connectivity index (χ1n) is 14.4. The molecule has 0 bridgehead atoms. The van der Waals surface area contributed by atoms with E-state index in [1.807, 2.05) is 60.7 Å². The van der Waals surface area contributed by atoms with Crippen molar-refractivity contribution in [3.8, 4) is 0 Å². The minimum Gasteiger partial charge on any atom is -0.646 e. The van der Waals surface area contributed by atoms with Crippen LogP contribution in [-0.2, 0) is 0 Å². The van der Waals surface area contributed by atoms with E-state index < -0.39 is 0 Å². The van der Waals surface area contributed by atoms with Gasteiger partial charge in [-0.3, -0.25) is 4.79 Å². The monoisotopic (exact) mass is 628 g/mol. The summed E-state index contributed by atoms with van der Waals surface area (Å²) in [5.74, 6) is 0.219. The summed E-state index contributed by atoms with van der Waals surface area (Å²) in [4.78, 5) is 27.1. The normalized spacial score (nSPS) is 19.0. The van der Waals surface area contributed by atoms with E-state index >= 15 is 0 Å². The van der Waals surface area contributed by atoms with Crippen molar-refractivity contribution in [2.24, 2.45) is 0 Å². The first kappa shape index (κ1) is 30.3. The standard InChI is InChI=1S/C19H27NO.C13H17NO.Pr/c21-19(16-10-4-1-5-11-16)20(17-12-6-2-7-13-17)18-14-8-3-9-15-18;15-13(11-7-3-1-4-8-11)14-12-9-5-2-6-10-12;/h1,4-5,10-11,17-18H,2-3,6-9,12-15H2;1,3-4,7-8,12H,2,5-6,9-10H2,(H,14,15);/p-1. The molecule has 0 heterocycles. The summed E-state index contributed by atoms with van der Waals surface area (Å²) in [6.07, 6.45) is 18.5. The maximum Gasteiger partial charge on any atom is 0.254 e. The van der Waals surface area contributed by atoms with Gasteiger partial charge in [0.05, 0.1) is 5.91 Å². The number of amides is 2. The average molecular weight is 629 g/mol. The fraction of sp³-hybridized carbons (Fsp3) is 0.562. The van der Waals surface area contributed by atoms with Crippen molar-refractivity contribution >= 4 is 11.8 Å². The molecule has 0 atom stereocenters. The molecule has 0 aliphatic heterocycles. The molecule has 5 rings (SSSR count). The van der Waals surface area contributed by atoms with E-state index in [-0.39, 0.29) is 59.1 Å². The Balaban J connectivity index is 0.000000211. The molecule has 0 spiro atoms. The van der Waals surface area contributed by atoms with Crippen molar-refractivity contribution in [1.29, 1.82) is 0 Å². The van der Waals surface area contributed by atoms with Crippen LogP contribution in [0, 0.1) is 41.3 Å². The molecule has 0 saturated heterocycles. The summed E-state index contributed by atoms with van der Waals surface area (Å²) in [6.45, 7) is 0. The van der Waals surface area contributed by atoms with Gasteiger partial charge in [-0.2, -0.15) is 0 Å². The summed E-state index contributed by atoms with van der Waals surface area (Å²) in [6, 6.07) is 20.5. The van der Waals surface area contributed by atoms with Gasteiger partial charge in [0.1, 0.15) is 0 Å². The zero-order chi connectivity index (χ0) is 25.0. The molecule has 37 heavy (non-hydrogen) atoms. The van der Waals surface area contributed by atoms with Crippen LogP contribution in [-0.4, -0.2) is 34.8 Å². The van der Waals surface area contributed by atoms with Crippen molar-refractivity contribution in [3.05, 3.63) is 77.1 Å². The van der Waals surface area contributed by atoms with Crippen LogP contribution in [0.5, 0.6) is 0 Å². The number of rotatable bonds is 5.